The first-order chi connectivity index (χ1) is 8.61. The van der Waals surface area contributed by atoms with Crippen LogP contribution in [0.1, 0.15) is 36.7 Å². The molecule has 2 N–H and O–H groups in total. The molecule has 18 heavy (non-hydrogen) atoms. The molecule has 0 spiro atoms. The monoisotopic (exact) mass is 263 g/mol. The van der Waals surface area contributed by atoms with Crippen molar-refractivity contribution < 1.29 is 5.11 Å². The molecule has 2 rings (SSSR count). The van der Waals surface area contributed by atoms with E-state index in [0.717, 1.165) is 5.56 Å². The van der Waals surface area contributed by atoms with Crippen LogP contribution >= 0.6 is 12.2 Å². The number of aliphatic hydroxyl groups excluding tert-OH is 1. The van der Waals surface area contributed by atoms with Crippen LogP contribution in [0.5, 0.6) is 0 Å². The lowest BCUT2D eigenvalue weighted by Crippen LogP contribution is -2.05. The minimum Gasteiger partial charge on any atom is -0.388 e. The van der Waals surface area contributed by atoms with E-state index in [0.29, 0.717) is 23.1 Å². The first-order valence-corrected chi connectivity index (χ1v) is 6.36. The number of aromatic amines is 1. The molecule has 0 bridgehead atoms. The summed E-state index contributed by atoms with van der Waals surface area (Å²) >= 11 is 5.14. The molecule has 1 heterocycles. The van der Waals surface area contributed by atoms with Gasteiger partial charge in [-0.2, -0.15) is 5.10 Å². The van der Waals surface area contributed by atoms with Crippen LogP contribution in [0.15, 0.2) is 24.3 Å². The van der Waals surface area contributed by atoms with Gasteiger partial charge in [-0.3, -0.25) is 9.67 Å². The number of hydrogen-bond donors (Lipinski definition) is 2. The fourth-order valence-corrected chi connectivity index (χ4v) is 2.04. The summed E-state index contributed by atoms with van der Waals surface area (Å²) in [6, 6.07) is 8.43. The van der Waals surface area contributed by atoms with Crippen LogP contribution in [-0.4, -0.2) is 19.9 Å². The third-order valence-corrected chi connectivity index (χ3v) is 3.28. The number of aromatic nitrogens is 3. The third kappa shape index (κ3) is 2.68. The van der Waals surface area contributed by atoms with Crippen LogP contribution in [0, 0.1) is 4.77 Å². The Bertz CT molecular complexity index is 569. The highest BCUT2D eigenvalue weighted by molar-refractivity contribution is 7.71. The number of rotatable bonds is 4. The molecule has 0 aliphatic heterocycles. The van der Waals surface area contributed by atoms with Crippen molar-refractivity contribution in [2.75, 3.05) is 0 Å². The van der Waals surface area contributed by atoms with Gasteiger partial charge in [-0.1, -0.05) is 38.1 Å². The van der Waals surface area contributed by atoms with Gasteiger partial charge in [0.05, 0.1) is 6.54 Å². The van der Waals surface area contributed by atoms with Gasteiger partial charge in [0.15, 0.2) is 10.6 Å². The number of H-pyrrole nitrogens is 1. The number of nitrogens with zero attached hydrogens (tertiary/aromatic N) is 2. The molecule has 1 aromatic carbocycles. The van der Waals surface area contributed by atoms with Crippen LogP contribution < -0.4 is 0 Å². The van der Waals surface area contributed by atoms with Crippen LogP contribution in [0.2, 0.25) is 0 Å². The van der Waals surface area contributed by atoms with Gasteiger partial charge in [0.25, 0.3) is 0 Å². The first kappa shape index (κ1) is 13.0. The lowest BCUT2D eigenvalue weighted by molar-refractivity contribution is 0.265. The molecule has 96 valence electrons. The van der Waals surface area contributed by atoms with Crippen LogP contribution in [0.3, 0.4) is 0 Å². The molecule has 0 saturated heterocycles. The van der Waals surface area contributed by atoms with E-state index in [4.69, 9.17) is 12.2 Å². The van der Waals surface area contributed by atoms with Crippen molar-refractivity contribution in [1.82, 2.24) is 14.8 Å². The predicted octanol–water partition coefficient (Wildman–Crippen LogP) is 2.60. The zero-order valence-corrected chi connectivity index (χ0v) is 11.4. The van der Waals surface area contributed by atoms with E-state index in [1.807, 2.05) is 0 Å². The fourth-order valence-electron chi connectivity index (χ4n) is 1.82. The van der Waals surface area contributed by atoms with Crippen molar-refractivity contribution in [3.8, 4) is 0 Å². The molecule has 0 aliphatic carbocycles. The highest BCUT2D eigenvalue weighted by atomic mass is 32.1. The van der Waals surface area contributed by atoms with Gasteiger partial charge < -0.3 is 5.11 Å². The zero-order valence-electron chi connectivity index (χ0n) is 10.6. The largest absolute Gasteiger partial charge is 0.388 e. The molecule has 5 heteroatoms. The highest BCUT2D eigenvalue weighted by Gasteiger charge is 2.06. The minimum absolute atomic E-state index is 0.114. The quantitative estimate of drug-likeness (QED) is 0.834. The van der Waals surface area contributed by atoms with Gasteiger partial charge in [0.2, 0.25) is 0 Å². The van der Waals surface area contributed by atoms with Gasteiger partial charge in [-0.25, -0.2) is 0 Å². The number of benzene rings is 1. The average molecular weight is 263 g/mol. The summed E-state index contributed by atoms with van der Waals surface area (Å²) in [5, 5.41) is 15.8. The topological polar surface area (TPSA) is 53.8 Å². The molecule has 0 amide bonds. The van der Waals surface area contributed by atoms with Crippen molar-refractivity contribution >= 4 is 12.2 Å². The summed E-state index contributed by atoms with van der Waals surface area (Å²) in [4.78, 5) is 0. The van der Waals surface area contributed by atoms with Crippen LogP contribution in [0.25, 0.3) is 0 Å². The number of nitrogens with one attached hydrogen (secondary N) is 1. The molecule has 0 aliphatic rings. The van der Waals surface area contributed by atoms with E-state index < -0.39 is 0 Å². The normalized spacial score (nSPS) is 11.1. The van der Waals surface area contributed by atoms with Gasteiger partial charge in [-0.15, -0.1) is 0 Å². The second-order valence-corrected chi connectivity index (χ2v) is 4.97. The molecule has 4 nitrogen and oxygen atoms in total. The molecule has 0 saturated carbocycles. The Hall–Kier alpha value is -1.46. The van der Waals surface area contributed by atoms with E-state index in [-0.39, 0.29) is 6.61 Å². The summed E-state index contributed by atoms with van der Waals surface area (Å²) in [6.45, 7) is 4.86. The Morgan fingerprint density at radius 2 is 2.00 bits per heavy atom. The summed E-state index contributed by atoms with van der Waals surface area (Å²) in [5.74, 6) is 1.09. The average Bonchev–Trinajstić information content (AvgIpc) is 2.71. The zero-order chi connectivity index (χ0) is 13.1. The Labute approximate surface area is 111 Å². The molecule has 2 aromatic rings. The van der Waals surface area contributed by atoms with Crippen LogP contribution in [-0.2, 0) is 13.2 Å². The van der Waals surface area contributed by atoms with Crippen LogP contribution in [0.4, 0.5) is 0 Å². The van der Waals surface area contributed by atoms with E-state index in [2.05, 4.69) is 48.3 Å². The van der Waals surface area contributed by atoms with Crippen molar-refractivity contribution in [2.24, 2.45) is 0 Å². The SMILES string of the molecule is CC(C)c1ccc(Cn2c(CO)n[nH]c2=S)cc1. The summed E-state index contributed by atoms with van der Waals surface area (Å²) in [6.07, 6.45) is 0. The van der Waals surface area contributed by atoms with Gasteiger partial charge in [0.1, 0.15) is 6.61 Å². The van der Waals surface area contributed by atoms with E-state index in [1.54, 1.807) is 4.57 Å². The highest BCUT2D eigenvalue weighted by Crippen LogP contribution is 2.15. The van der Waals surface area contributed by atoms with E-state index in [1.165, 1.54) is 5.56 Å². The third-order valence-electron chi connectivity index (χ3n) is 2.97. The molecule has 1 aromatic heterocycles. The maximum atomic E-state index is 9.18. The Kier molecular flexibility index (Phi) is 3.93. The van der Waals surface area contributed by atoms with Gasteiger partial charge in [-0.05, 0) is 29.3 Å². The Morgan fingerprint density at radius 3 is 2.56 bits per heavy atom. The van der Waals surface area contributed by atoms with E-state index in [9.17, 15) is 5.11 Å². The summed E-state index contributed by atoms with van der Waals surface area (Å²) in [7, 11) is 0. The van der Waals surface area contributed by atoms with Crippen molar-refractivity contribution in [2.45, 2.75) is 32.9 Å². The second-order valence-electron chi connectivity index (χ2n) is 4.59. The van der Waals surface area contributed by atoms with Crippen molar-refractivity contribution in [1.29, 1.82) is 0 Å². The first-order valence-electron chi connectivity index (χ1n) is 5.95. The van der Waals surface area contributed by atoms with Gasteiger partial charge in [0, 0.05) is 0 Å². The smallest absolute Gasteiger partial charge is 0.195 e. The second kappa shape index (κ2) is 5.46. The van der Waals surface area contributed by atoms with Crippen molar-refractivity contribution in [3.63, 3.8) is 0 Å². The fraction of sp³-hybridized carbons (Fsp3) is 0.385. The maximum Gasteiger partial charge on any atom is 0.195 e. The molecular formula is C13H17N3OS. The maximum absolute atomic E-state index is 9.18. The molecule has 0 atom stereocenters. The molecule has 0 unspecified atom stereocenters. The standard InChI is InChI=1S/C13H17N3OS/c1-9(2)11-5-3-10(4-6-11)7-16-12(8-17)14-15-13(16)18/h3-6,9,17H,7-8H2,1-2H3,(H,15,18). The molecule has 0 radical (unpaired) electrons. The Morgan fingerprint density at radius 1 is 1.33 bits per heavy atom. The van der Waals surface area contributed by atoms with Gasteiger partial charge >= 0.3 is 0 Å². The Balaban J connectivity index is 2.23. The lowest BCUT2D eigenvalue weighted by atomic mass is 10.0. The molecule has 0 fully saturated rings. The minimum atomic E-state index is -0.114. The lowest BCUT2D eigenvalue weighted by Gasteiger charge is -2.08. The summed E-state index contributed by atoms with van der Waals surface area (Å²) in [5.41, 5.74) is 2.46. The molecular weight excluding hydrogens is 246 g/mol. The van der Waals surface area contributed by atoms with Crippen molar-refractivity contribution in [3.05, 3.63) is 46.0 Å². The van der Waals surface area contributed by atoms with E-state index >= 15 is 0 Å². The predicted molar refractivity (Wildman–Crippen MR) is 73.0 cm³/mol. The summed E-state index contributed by atoms with van der Waals surface area (Å²) < 4.78 is 2.34. The number of hydrogen-bond acceptors (Lipinski definition) is 3. The number of aliphatic hydroxyl groups is 1.